The molecule has 0 aliphatic carbocycles. The summed E-state index contributed by atoms with van der Waals surface area (Å²) in [7, 11) is 0. The molecule has 0 saturated carbocycles. The highest BCUT2D eigenvalue weighted by Gasteiger charge is 2.12. The molecule has 0 unspecified atom stereocenters. The molecular weight excluding hydrogens is 338 g/mol. The molecule has 2 aromatic carbocycles. The SMILES string of the molecule is Cc1nc(C)n(-c2ncc(NC(=O)c3ccc4ccccc4c3)cn2)c1C. The number of carbonyl (C=O) groups excluding carboxylic acids is 1. The third kappa shape index (κ3) is 3.17. The van der Waals surface area contributed by atoms with Gasteiger partial charge in [0, 0.05) is 11.3 Å². The van der Waals surface area contributed by atoms with Gasteiger partial charge in [-0.3, -0.25) is 9.36 Å². The van der Waals surface area contributed by atoms with Gasteiger partial charge in [-0.25, -0.2) is 15.0 Å². The van der Waals surface area contributed by atoms with Gasteiger partial charge >= 0.3 is 0 Å². The largest absolute Gasteiger partial charge is 0.319 e. The molecule has 1 amide bonds. The van der Waals surface area contributed by atoms with Gasteiger partial charge < -0.3 is 5.32 Å². The Kier molecular flexibility index (Phi) is 4.16. The maximum Gasteiger partial charge on any atom is 0.255 e. The van der Waals surface area contributed by atoms with Crippen LogP contribution in [0.5, 0.6) is 0 Å². The Morgan fingerprint density at radius 2 is 1.67 bits per heavy atom. The zero-order chi connectivity index (χ0) is 19.0. The third-order valence-electron chi connectivity index (χ3n) is 4.62. The molecule has 2 heterocycles. The van der Waals surface area contributed by atoms with E-state index in [4.69, 9.17) is 0 Å². The van der Waals surface area contributed by atoms with E-state index in [1.54, 1.807) is 12.4 Å². The first-order valence-electron chi connectivity index (χ1n) is 8.68. The first-order chi connectivity index (χ1) is 13.0. The molecule has 0 spiro atoms. The molecule has 0 aliphatic heterocycles. The maximum atomic E-state index is 12.5. The molecule has 2 aromatic heterocycles. The van der Waals surface area contributed by atoms with Crippen LogP contribution in [0.1, 0.15) is 27.6 Å². The van der Waals surface area contributed by atoms with E-state index in [1.807, 2.05) is 67.8 Å². The second kappa shape index (κ2) is 6.64. The van der Waals surface area contributed by atoms with E-state index in [2.05, 4.69) is 20.3 Å². The van der Waals surface area contributed by atoms with E-state index in [1.165, 1.54) is 0 Å². The van der Waals surface area contributed by atoms with Crippen LogP contribution in [-0.4, -0.2) is 25.4 Å². The first kappa shape index (κ1) is 16.9. The van der Waals surface area contributed by atoms with Crippen LogP contribution in [0.3, 0.4) is 0 Å². The van der Waals surface area contributed by atoms with E-state index in [-0.39, 0.29) is 5.91 Å². The molecular formula is C21H19N5O. The number of nitrogens with zero attached hydrogens (tertiary/aromatic N) is 4. The minimum atomic E-state index is -0.192. The summed E-state index contributed by atoms with van der Waals surface area (Å²) < 4.78 is 1.89. The molecule has 0 saturated heterocycles. The summed E-state index contributed by atoms with van der Waals surface area (Å²) in [4.78, 5) is 25.7. The lowest BCUT2D eigenvalue weighted by molar-refractivity contribution is 0.102. The van der Waals surface area contributed by atoms with Gasteiger partial charge in [0.05, 0.1) is 23.8 Å². The number of benzene rings is 2. The van der Waals surface area contributed by atoms with Gasteiger partial charge in [0.2, 0.25) is 5.95 Å². The fraction of sp³-hybridized carbons (Fsp3) is 0.143. The van der Waals surface area contributed by atoms with Crippen LogP contribution in [0.2, 0.25) is 0 Å². The van der Waals surface area contributed by atoms with Crippen LogP contribution >= 0.6 is 0 Å². The van der Waals surface area contributed by atoms with Gasteiger partial charge in [0.1, 0.15) is 5.82 Å². The van der Waals surface area contributed by atoms with Gasteiger partial charge in [-0.2, -0.15) is 0 Å². The summed E-state index contributed by atoms with van der Waals surface area (Å²) in [5.74, 6) is 1.18. The van der Waals surface area contributed by atoms with Gasteiger partial charge in [0.25, 0.3) is 5.91 Å². The Morgan fingerprint density at radius 1 is 0.963 bits per heavy atom. The number of rotatable bonds is 3. The summed E-state index contributed by atoms with van der Waals surface area (Å²) in [6, 6.07) is 13.6. The standard InChI is InChI=1S/C21H19N5O/c1-13-14(2)26(15(3)24-13)21-22-11-19(12-23-21)25-20(27)18-9-8-16-6-4-5-7-17(16)10-18/h4-12H,1-3H3,(H,25,27). The van der Waals surface area contributed by atoms with Crippen molar-refractivity contribution in [3.05, 3.63) is 77.6 Å². The molecule has 0 radical (unpaired) electrons. The average molecular weight is 357 g/mol. The molecule has 6 nitrogen and oxygen atoms in total. The Labute approximate surface area is 156 Å². The number of hydrogen-bond donors (Lipinski definition) is 1. The molecule has 4 rings (SSSR count). The minimum Gasteiger partial charge on any atom is -0.319 e. The Bertz CT molecular complexity index is 1150. The van der Waals surface area contributed by atoms with Crippen LogP contribution in [0.25, 0.3) is 16.7 Å². The fourth-order valence-corrected chi connectivity index (χ4v) is 3.11. The normalized spacial score (nSPS) is 10.9. The highest BCUT2D eigenvalue weighted by atomic mass is 16.1. The Morgan fingerprint density at radius 3 is 2.33 bits per heavy atom. The lowest BCUT2D eigenvalue weighted by Gasteiger charge is -2.08. The topological polar surface area (TPSA) is 72.7 Å². The number of hydrogen-bond acceptors (Lipinski definition) is 4. The number of imidazole rings is 1. The van der Waals surface area contributed by atoms with E-state index < -0.39 is 0 Å². The Balaban J connectivity index is 1.56. The summed E-state index contributed by atoms with van der Waals surface area (Å²) in [5, 5.41) is 4.97. The highest BCUT2D eigenvalue weighted by Crippen LogP contribution is 2.18. The third-order valence-corrected chi connectivity index (χ3v) is 4.62. The van der Waals surface area contributed by atoms with Crippen molar-refractivity contribution in [1.82, 2.24) is 19.5 Å². The molecule has 6 heteroatoms. The average Bonchev–Trinajstić information content (AvgIpc) is 2.94. The molecule has 0 aliphatic rings. The van der Waals surface area contributed by atoms with Crippen LogP contribution in [0.4, 0.5) is 5.69 Å². The van der Waals surface area contributed by atoms with E-state index >= 15 is 0 Å². The quantitative estimate of drug-likeness (QED) is 0.602. The summed E-state index contributed by atoms with van der Waals surface area (Å²) in [6.07, 6.45) is 3.21. The van der Waals surface area contributed by atoms with Gasteiger partial charge in [0.15, 0.2) is 0 Å². The lowest BCUT2D eigenvalue weighted by Crippen LogP contribution is -2.13. The van der Waals surface area contributed by atoms with Gasteiger partial charge in [-0.1, -0.05) is 30.3 Å². The van der Waals surface area contributed by atoms with E-state index in [9.17, 15) is 4.79 Å². The van der Waals surface area contributed by atoms with E-state index in [0.717, 1.165) is 28.0 Å². The summed E-state index contributed by atoms with van der Waals surface area (Å²) in [5.41, 5.74) is 3.09. The van der Waals surface area contributed by atoms with Crippen molar-refractivity contribution in [1.29, 1.82) is 0 Å². The second-order valence-electron chi connectivity index (χ2n) is 6.45. The second-order valence-corrected chi connectivity index (χ2v) is 6.45. The Hall–Kier alpha value is -3.54. The van der Waals surface area contributed by atoms with Crippen LogP contribution < -0.4 is 5.32 Å². The van der Waals surface area contributed by atoms with Crippen molar-refractivity contribution in [3.63, 3.8) is 0 Å². The molecule has 0 atom stereocenters. The lowest BCUT2D eigenvalue weighted by atomic mass is 10.1. The first-order valence-corrected chi connectivity index (χ1v) is 8.68. The number of nitrogens with one attached hydrogen (secondary N) is 1. The predicted octanol–water partition coefficient (Wildman–Crippen LogP) is 3.99. The van der Waals surface area contributed by atoms with E-state index in [0.29, 0.717) is 17.2 Å². The number of carbonyl (C=O) groups is 1. The highest BCUT2D eigenvalue weighted by molar-refractivity contribution is 6.06. The zero-order valence-electron chi connectivity index (χ0n) is 15.4. The van der Waals surface area contributed by atoms with Gasteiger partial charge in [-0.05, 0) is 43.7 Å². The number of aryl methyl sites for hydroxylation is 2. The van der Waals surface area contributed by atoms with Crippen LogP contribution in [-0.2, 0) is 0 Å². The fourth-order valence-electron chi connectivity index (χ4n) is 3.11. The zero-order valence-corrected chi connectivity index (χ0v) is 15.4. The molecule has 4 aromatic rings. The summed E-state index contributed by atoms with van der Waals surface area (Å²) in [6.45, 7) is 5.85. The monoisotopic (exact) mass is 357 g/mol. The molecule has 1 N–H and O–H groups in total. The predicted molar refractivity (Wildman–Crippen MR) is 105 cm³/mol. The molecule has 134 valence electrons. The number of anilines is 1. The minimum absolute atomic E-state index is 0.192. The van der Waals surface area contributed by atoms with Crippen molar-refractivity contribution in [3.8, 4) is 5.95 Å². The van der Waals surface area contributed by atoms with Crippen molar-refractivity contribution in [2.45, 2.75) is 20.8 Å². The number of fused-ring (bicyclic) bond motifs is 1. The van der Waals surface area contributed by atoms with Crippen molar-refractivity contribution >= 4 is 22.4 Å². The van der Waals surface area contributed by atoms with Gasteiger partial charge in [-0.15, -0.1) is 0 Å². The smallest absolute Gasteiger partial charge is 0.255 e. The molecule has 27 heavy (non-hydrogen) atoms. The van der Waals surface area contributed by atoms with Crippen molar-refractivity contribution < 1.29 is 4.79 Å². The molecule has 0 fully saturated rings. The van der Waals surface area contributed by atoms with Crippen LogP contribution in [0, 0.1) is 20.8 Å². The molecule has 0 bridgehead atoms. The maximum absolute atomic E-state index is 12.5. The number of aromatic nitrogens is 4. The number of amides is 1. The van der Waals surface area contributed by atoms with Crippen LogP contribution in [0.15, 0.2) is 54.9 Å². The summed E-state index contributed by atoms with van der Waals surface area (Å²) >= 11 is 0. The van der Waals surface area contributed by atoms with Crippen molar-refractivity contribution in [2.24, 2.45) is 0 Å². The van der Waals surface area contributed by atoms with Crippen molar-refractivity contribution in [2.75, 3.05) is 5.32 Å².